The quantitative estimate of drug-likeness (QED) is 0.0449. The number of thiophene rings is 1. The van der Waals surface area contributed by atoms with E-state index in [1.54, 1.807) is 0 Å². The molecule has 1 aromatic heterocycles. The average Bonchev–Trinajstić information content (AvgIpc) is 3.49. The highest BCUT2D eigenvalue weighted by Gasteiger charge is 2.24. The number of unbranched alkanes of at least 4 members (excludes halogenated alkanes) is 11. The fraction of sp³-hybridized carbons (Fsp3) is 0.814. The van der Waals surface area contributed by atoms with Gasteiger partial charge in [-0.3, -0.25) is 14.5 Å². The molecule has 0 aliphatic carbocycles. The van der Waals surface area contributed by atoms with Crippen molar-refractivity contribution in [3.05, 3.63) is 20.9 Å². The summed E-state index contributed by atoms with van der Waals surface area (Å²) >= 11 is 1.89. The maximum atomic E-state index is 12.5. The van der Waals surface area contributed by atoms with Gasteiger partial charge in [0.1, 0.15) is 18.9 Å². The molecule has 2 heterocycles. The van der Waals surface area contributed by atoms with Crippen molar-refractivity contribution in [1.82, 2.24) is 15.1 Å². The summed E-state index contributed by atoms with van der Waals surface area (Å²) in [4.78, 5) is 50.5. The average molecular weight is 772 g/mol. The predicted octanol–water partition coefficient (Wildman–Crippen LogP) is 9.99. The Balaban J connectivity index is -0.00000172. The number of ether oxygens (including phenoxy) is 2. The second kappa shape index (κ2) is 39.7. The van der Waals surface area contributed by atoms with Gasteiger partial charge in [-0.2, -0.15) is 0 Å². The first kappa shape index (κ1) is 55.4. The molecule has 9 nitrogen and oxygen atoms in total. The Morgan fingerprint density at radius 3 is 2.21 bits per heavy atom. The van der Waals surface area contributed by atoms with Crippen molar-refractivity contribution in [3.63, 3.8) is 0 Å². The summed E-state index contributed by atoms with van der Waals surface area (Å²) in [7, 11) is 4.22. The number of esters is 1. The number of hydrogen-bond acceptors (Lipinski definition) is 10. The molecule has 0 atom stereocenters. The molecule has 1 aliphatic rings. The lowest BCUT2D eigenvalue weighted by Crippen LogP contribution is -2.32. The molecular formula is C43H85N3O6S. The molecule has 0 aromatic carbocycles. The van der Waals surface area contributed by atoms with Crippen molar-refractivity contribution in [3.8, 4) is 0 Å². The number of carbonyl (C=O) groups excluding carboxylic acids is 4. The van der Waals surface area contributed by atoms with Crippen LogP contribution in [0.15, 0.2) is 0 Å². The van der Waals surface area contributed by atoms with Crippen LogP contribution in [0.5, 0.6) is 0 Å². The maximum absolute atomic E-state index is 12.5. The fourth-order valence-electron chi connectivity index (χ4n) is 6.10. The van der Waals surface area contributed by atoms with Crippen LogP contribution in [0, 0.1) is 0 Å². The summed E-state index contributed by atoms with van der Waals surface area (Å²) in [6.45, 7) is 15.0. The third-order valence-electron chi connectivity index (χ3n) is 8.95. The molecule has 2 rings (SSSR count). The van der Waals surface area contributed by atoms with Gasteiger partial charge in [-0.1, -0.05) is 87.0 Å². The SMILES string of the molecule is C.C.C=O.CC.CCCCCCCCCCOC(=O)CCCCCOCN1CCc2c(sc(CCC(=O)CCCCC=O)c2CNCCCN(C)C)C1.[HH]. The predicted molar refractivity (Wildman–Crippen MR) is 228 cm³/mol. The van der Waals surface area contributed by atoms with Gasteiger partial charge in [0.25, 0.3) is 0 Å². The number of aryl methyl sites for hydroxylation is 1. The van der Waals surface area contributed by atoms with Crippen LogP contribution in [-0.4, -0.2) is 88.3 Å². The molecule has 0 amide bonds. The highest BCUT2D eigenvalue weighted by Crippen LogP contribution is 2.34. The van der Waals surface area contributed by atoms with Crippen LogP contribution in [0.4, 0.5) is 0 Å². The Morgan fingerprint density at radius 2 is 1.53 bits per heavy atom. The Kier molecular flexibility index (Phi) is 41.5. The van der Waals surface area contributed by atoms with Gasteiger partial charge in [0, 0.05) is 63.1 Å². The van der Waals surface area contributed by atoms with Crippen LogP contribution in [0.2, 0.25) is 0 Å². The van der Waals surface area contributed by atoms with Crippen molar-refractivity contribution in [2.24, 2.45) is 0 Å². The molecule has 0 bridgehead atoms. The first-order valence-electron chi connectivity index (χ1n) is 20.1. The number of hydrogen-bond donors (Lipinski definition) is 1. The monoisotopic (exact) mass is 772 g/mol. The third-order valence-corrected chi connectivity index (χ3v) is 10.3. The van der Waals surface area contributed by atoms with Gasteiger partial charge in [0.05, 0.1) is 13.3 Å². The minimum atomic E-state index is -0.0598. The molecule has 0 saturated heterocycles. The third kappa shape index (κ3) is 29.0. The fourth-order valence-corrected chi connectivity index (χ4v) is 7.51. The molecule has 0 saturated carbocycles. The molecule has 10 heteroatoms. The van der Waals surface area contributed by atoms with E-state index < -0.39 is 0 Å². The number of fused-ring (bicyclic) bond motifs is 1. The first-order valence-corrected chi connectivity index (χ1v) is 20.9. The summed E-state index contributed by atoms with van der Waals surface area (Å²) < 4.78 is 11.5. The zero-order valence-electron chi connectivity index (χ0n) is 33.3. The molecule has 53 heavy (non-hydrogen) atoms. The zero-order chi connectivity index (χ0) is 38.0. The normalized spacial score (nSPS) is 12.0. The van der Waals surface area contributed by atoms with E-state index in [-0.39, 0.29) is 22.2 Å². The van der Waals surface area contributed by atoms with E-state index >= 15 is 0 Å². The number of nitrogens with zero attached hydrogens (tertiary/aromatic N) is 2. The highest BCUT2D eigenvalue weighted by atomic mass is 32.1. The van der Waals surface area contributed by atoms with Crippen molar-refractivity contribution in [2.75, 3.05) is 53.7 Å². The molecule has 1 aliphatic heterocycles. The lowest BCUT2D eigenvalue weighted by Gasteiger charge is -2.27. The van der Waals surface area contributed by atoms with Crippen molar-refractivity contribution in [2.45, 2.75) is 177 Å². The highest BCUT2D eigenvalue weighted by molar-refractivity contribution is 7.12. The van der Waals surface area contributed by atoms with Crippen molar-refractivity contribution in [1.29, 1.82) is 0 Å². The van der Waals surface area contributed by atoms with E-state index in [1.165, 1.54) is 59.4 Å². The summed E-state index contributed by atoms with van der Waals surface area (Å²) in [6.07, 6.45) is 20.5. The van der Waals surface area contributed by atoms with Gasteiger partial charge in [0.2, 0.25) is 0 Å². The van der Waals surface area contributed by atoms with E-state index in [9.17, 15) is 14.4 Å². The number of rotatable bonds is 31. The molecule has 0 radical (unpaired) electrons. The molecule has 314 valence electrons. The lowest BCUT2D eigenvalue weighted by atomic mass is 9.99. The van der Waals surface area contributed by atoms with Gasteiger partial charge in [-0.15, -0.1) is 11.3 Å². The number of aldehydes is 1. The van der Waals surface area contributed by atoms with E-state index in [2.05, 4.69) is 36.1 Å². The topological polar surface area (TPSA) is 105 Å². The Hall–Kier alpha value is -1.98. The zero-order valence-corrected chi connectivity index (χ0v) is 34.2. The van der Waals surface area contributed by atoms with Gasteiger partial charge >= 0.3 is 5.97 Å². The molecule has 0 spiro atoms. The Labute approximate surface area is 332 Å². The second-order valence-corrected chi connectivity index (χ2v) is 14.7. The minimum Gasteiger partial charge on any atom is -0.466 e. The minimum absolute atomic E-state index is 0. The molecule has 0 fully saturated rings. The number of Topliss-reactive ketones (excluding diaryl/α,β-unsaturated/α-hetero) is 1. The standard InChI is InChI=1S/C38H67N3O5S.C2H6.CH2O.2CH4.H2/c1-4-5-6-7-8-9-10-17-29-46-38(44)20-14-12-16-28-45-32-41-26-23-34-35(30-39-24-18-25-40(2)3)36(47-37(34)31-41)22-21-33(43)19-13-11-15-27-42;2*1-2;;;/h27,39H,4-26,28-32H2,1-3H3;1-2H3;1H2;2*1H4;1H. The van der Waals surface area contributed by atoms with Gasteiger partial charge in [-0.05, 0) is 89.7 Å². The van der Waals surface area contributed by atoms with E-state index in [0.717, 1.165) is 103 Å². The molecule has 1 aromatic rings. The molecular weight excluding hydrogens is 687 g/mol. The summed E-state index contributed by atoms with van der Waals surface area (Å²) in [5, 5.41) is 3.67. The summed E-state index contributed by atoms with van der Waals surface area (Å²) in [5.74, 6) is 0.244. The van der Waals surface area contributed by atoms with Gasteiger partial charge in [-0.25, -0.2) is 0 Å². The summed E-state index contributed by atoms with van der Waals surface area (Å²) in [5.41, 5.74) is 2.90. The summed E-state index contributed by atoms with van der Waals surface area (Å²) in [6, 6.07) is 0. The lowest BCUT2D eigenvalue weighted by molar-refractivity contribution is -0.144. The second-order valence-electron chi connectivity index (χ2n) is 13.5. The molecule has 0 unspecified atom stereocenters. The number of nitrogens with one attached hydrogen (secondary N) is 1. The van der Waals surface area contributed by atoms with E-state index in [4.69, 9.17) is 14.3 Å². The van der Waals surface area contributed by atoms with Crippen LogP contribution in [-0.2, 0) is 54.6 Å². The smallest absolute Gasteiger partial charge is 0.305 e. The Morgan fingerprint density at radius 1 is 0.887 bits per heavy atom. The maximum Gasteiger partial charge on any atom is 0.305 e. The van der Waals surface area contributed by atoms with E-state index in [0.29, 0.717) is 51.4 Å². The van der Waals surface area contributed by atoms with Crippen LogP contribution in [0.1, 0.15) is 174 Å². The van der Waals surface area contributed by atoms with E-state index in [1.807, 2.05) is 32.0 Å². The van der Waals surface area contributed by atoms with Crippen LogP contribution < -0.4 is 5.32 Å². The first-order chi connectivity index (χ1) is 24.9. The Bertz CT molecular complexity index is 1010. The number of carbonyl (C=O) groups is 4. The van der Waals surface area contributed by atoms with Crippen LogP contribution >= 0.6 is 11.3 Å². The van der Waals surface area contributed by atoms with Crippen molar-refractivity contribution < 1.29 is 30.1 Å². The van der Waals surface area contributed by atoms with Crippen LogP contribution in [0.25, 0.3) is 0 Å². The van der Waals surface area contributed by atoms with Gasteiger partial charge < -0.3 is 29.3 Å². The van der Waals surface area contributed by atoms with Crippen LogP contribution in [0.3, 0.4) is 0 Å². The molecule has 1 N–H and O–H groups in total. The number of ketones is 1. The van der Waals surface area contributed by atoms with Crippen molar-refractivity contribution >= 4 is 36.2 Å². The largest absolute Gasteiger partial charge is 0.466 e. The van der Waals surface area contributed by atoms with Gasteiger partial charge in [0.15, 0.2) is 0 Å².